The Bertz CT molecular complexity index is 198. The van der Waals surface area contributed by atoms with Crippen LogP contribution in [0.2, 0.25) is 0 Å². The first-order valence-electron chi connectivity index (χ1n) is 5.27. The van der Waals surface area contributed by atoms with Crippen LogP contribution in [0.4, 0.5) is 4.79 Å². The molecule has 14 heavy (non-hydrogen) atoms. The number of carbonyl (C=O) groups is 1. The molecule has 1 aliphatic carbocycles. The van der Waals surface area contributed by atoms with E-state index in [1.807, 2.05) is 13.8 Å². The van der Waals surface area contributed by atoms with Crippen LogP contribution in [-0.4, -0.2) is 24.3 Å². The van der Waals surface area contributed by atoms with Crippen molar-refractivity contribution < 1.29 is 9.53 Å². The lowest BCUT2D eigenvalue weighted by Crippen LogP contribution is -2.52. The fourth-order valence-electron chi connectivity index (χ4n) is 1.89. The number of amides is 1. The molecule has 4 heteroatoms. The number of rotatable bonds is 3. The minimum Gasteiger partial charge on any atom is -0.447 e. The van der Waals surface area contributed by atoms with Gasteiger partial charge >= 0.3 is 6.09 Å². The highest BCUT2D eigenvalue weighted by Gasteiger charge is 2.34. The first kappa shape index (κ1) is 11.3. The van der Waals surface area contributed by atoms with Crippen LogP contribution in [0, 0.1) is 0 Å². The number of hydrogen-bond donors (Lipinski definition) is 2. The van der Waals surface area contributed by atoms with Gasteiger partial charge in [0.25, 0.3) is 0 Å². The molecule has 0 aromatic carbocycles. The van der Waals surface area contributed by atoms with Crippen molar-refractivity contribution in [2.24, 2.45) is 5.73 Å². The van der Waals surface area contributed by atoms with Gasteiger partial charge in [-0.1, -0.05) is 12.8 Å². The third kappa shape index (κ3) is 2.87. The lowest BCUT2D eigenvalue weighted by Gasteiger charge is -2.28. The van der Waals surface area contributed by atoms with Crippen molar-refractivity contribution in [2.45, 2.75) is 51.2 Å². The van der Waals surface area contributed by atoms with Crippen LogP contribution in [-0.2, 0) is 4.74 Å². The minimum absolute atomic E-state index is 0.0776. The van der Waals surface area contributed by atoms with E-state index in [4.69, 9.17) is 10.5 Å². The molecule has 0 aromatic rings. The van der Waals surface area contributed by atoms with E-state index in [1.165, 1.54) is 0 Å². The van der Waals surface area contributed by atoms with Crippen molar-refractivity contribution in [1.29, 1.82) is 0 Å². The molecular formula is C10H20N2O2. The monoisotopic (exact) mass is 200 g/mol. The first-order chi connectivity index (χ1) is 6.58. The highest BCUT2D eigenvalue weighted by Crippen LogP contribution is 2.28. The van der Waals surface area contributed by atoms with Gasteiger partial charge in [0.05, 0.1) is 11.6 Å². The number of carbonyl (C=O) groups excluding carboxylic acids is 1. The van der Waals surface area contributed by atoms with Crippen molar-refractivity contribution >= 4 is 6.09 Å². The third-order valence-electron chi connectivity index (χ3n) is 2.66. The Morgan fingerprint density at radius 3 is 2.50 bits per heavy atom. The molecule has 1 amide bonds. The van der Waals surface area contributed by atoms with Gasteiger partial charge in [0.2, 0.25) is 0 Å². The van der Waals surface area contributed by atoms with Gasteiger partial charge in [-0.15, -0.1) is 0 Å². The fourth-order valence-corrected chi connectivity index (χ4v) is 1.89. The Morgan fingerprint density at radius 2 is 2.07 bits per heavy atom. The van der Waals surface area contributed by atoms with Gasteiger partial charge < -0.3 is 15.8 Å². The van der Waals surface area contributed by atoms with Gasteiger partial charge in [-0.25, -0.2) is 4.79 Å². The highest BCUT2D eigenvalue weighted by atomic mass is 16.6. The summed E-state index contributed by atoms with van der Waals surface area (Å²) in [7, 11) is 0. The zero-order chi connectivity index (χ0) is 10.6. The summed E-state index contributed by atoms with van der Waals surface area (Å²) in [5.74, 6) is 0. The number of nitrogens with one attached hydrogen (secondary N) is 1. The summed E-state index contributed by atoms with van der Waals surface area (Å²) in [6.07, 6.45) is 3.80. The lowest BCUT2D eigenvalue weighted by atomic mass is 9.98. The van der Waals surface area contributed by atoms with Crippen LogP contribution in [0.5, 0.6) is 0 Å². The molecule has 0 spiro atoms. The molecule has 0 unspecified atom stereocenters. The van der Waals surface area contributed by atoms with E-state index in [1.54, 1.807) is 0 Å². The molecule has 82 valence electrons. The second-order valence-corrected chi connectivity index (χ2v) is 4.27. The predicted molar refractivity (Wildman–Crippen MR) is 55.0 cm³/mol. The van der Waals surface area contributed by atoms with Gasteiger partial charge in [-0.05, 0) is 26.7 Å². The molecule has 0 aromatic heterocycles. The third-order valence-corrected chi connectivity index (χ3v) is 2.66. The summed E-state index contributed by atoms with van der Waals surface area (Å²) < 4.78 is 5.03. The van der Waals surface area contributed by atoms with E-state index in [0.29, 0.717) is 6.54 Å². The molecule has 1 aliphatic rings. The molecule has 0 atom stereocenters. The Balaban J connectivity index is 2.44. The Kier molecular flexibility index (Phi) is 3.75. The molecule has 1 fully saturated rings. The Morgan fingerprint density at radius 1 is 1.50 bits per heavy atom. The first-order valence-corrected chi connectivity index (χ1v) is 5.27. The van der Waals surface area contributed by atoms with E-state index in [-0.39, 0.29) is 17.7 Å². The largest absolute Gasteiger partial charge is 0.447 e. The molecule has 4 nitrogen and oxygen atoms in total. The van der Waals surface area contributed by atoms with Crippen LogP contribution in [0.3, 0.4) is 0 Å². The van der Waals surface area contributed by atoms with Crippen molar-refractivity contribution in [2.75, 3.05) is 6.54 Å². The van der Waals surface area contributed by atoms with Crippen molar-refractivity contribution in [3.8, 4) is 0 Å². The quantitative estimate of drug-likeness (QED) is 0.723. The Labute approximate surface area is 85.2 Å². The summed E-state index contributed by atoms with van der Waals surface area (Å²) in [6.45, 7) is 4.17. The molecule has 0 saturated heterocycles. The molecule has 0 heterocycles. The summed E-state index contributed by atoms with van der Waals surface area (Å²) in [6, 6.07) is 0. The van der Waals surface area contributed by atoms with Crippen molar-refractivity contribution in [3.63, 3.8) is 0 Å². The zero-order valence-corrected chi connectivity index (χ0v) is 9.01. The molecule has 3 N–H and O–H groups in total. The van der Waals surface area contributed by atoms with Crippen molar-refractivity contribution in [3.05, 3.63) is 0 Å². The molecular weight excluding hydrogens is 180 g/mol. The molecule has 0 radical (unpaired) electrons. The number of alkyl carbamates (subject to hydrolysis) is 1. The summed E-state index contributed by atoms with van der Waals surface area (Å²) >= 11 is 0. The van der Waals surface area contributed by atoms with Gasteiger partial charge in [-0.2, -0.15) is 0 Å². The molecule has 0 bridgehead atoms. The maximum absolute atomic E-state index is 11.4. The van der Waals surface area contributed by atoms with Crippen LogP contribution >= 0.6 is 0 Å². The second-order valence-electron chi connectivity index (χ2n) is 4.27. The predicted octanol–water partition coefficient (Wildman–Crippen LogP) is 1.39. The van der Waals surface area contributed by atoms with Gasteiger partial charge in [0.15, 0.2) is 0 Å². The van der Waals surface area contributed by atoms with E-state index in [0.717, 1.165) is 25.7 Å². The molecule has 1 saturated carbocycles. The van der Waals surface area contributed by atoms with Crippen LogP contribution in [0.25, 0.3) is 0 Å². The van der Waals surface area contributed by atoms with Crippen molar-refractivity contribution in [1.82, 2.24) is 5.32 Å². The minimum atomic E-state index is -0.340. The summed E-state index contributed by atoms with van der Waals surface area (Å²) in [5, 5.41) is 2.89. The maximum Gasteiger partial charge on any atom is 0.407 e. The zero-order valence-electron chi connectivity index (χ0n) is 9.01. The SMILES string of the molecule is CC(C)OC(=O)NC1(CN)CCCC1. The van der Waals surface area contributed by atoms with E-state index in [9.17, 15) is 4.79 Å². The number of nitrogens with two attached hydrogens (primary N) is 1. The average Bonchev–Trinajstić information content (AvgIpc) is 2.52. The van der Waals surface area contributed by atoms with E-state index >= 15 is 0 Å². The van der Waals surface area contributed by atoms with Crippen LogP contribution in [0.15, 0.2) is 0 Å². The summed E-state index contributed by atoms with van der Waals surface area (Å²) in [4.78, 5) is 11.4. The molecule has 0 aliphatic heterocycles. The van der Waals surface area contributed by atoms with E-state index < -0.39 is 0 Å². The topological polar surface area (TPSA) is 64.3 Å². The highest BCUT2D eigenvalue weighted by molar-refractivity contribution is 5.68. The fraction of sp³-hybridized carbons (Fsp3) is 0.900. The lowest BCUT2D eigenvalue weighted by molar-refractivity contribution is 0.105. The van der Waals surface area contributed by atoms with Gasteiger partial charge in [0, 0.05) is 6.54 Å². The van der Waals surface area contributed by atoms with Crippen LogP contribution in [0.1, 0.15) is 39.5 Å². The second kappa shape index (κ2) is 4.64. The number of ether oxygens (including phenoxy) is 1. The van der Waals surface area contributed by atoms with Gasteiger partial charge in [-0.3, -0.25) is 0 Å². The Hall–Kier alpha value is -0.770. The maximum atomic E-state index is 11.4. The van der Waals surface area contributed by atoms with Crippen LogP contribution < -0.4 is 11.1 Å². The smallest absolute Gasteiger partial charge is 0.407 e. The van der Waals surface area contributed by atoms with E-state index in [2.05, 4.69) is 5.32 Å². The standard InChI is InChI=1S/C10H20N2O2/c1-8(2)14-9(13)12-10(7-11)5-3-4-6-10/h8H,3-7,11H2,1-2H3,(H,12,13). The van der Waals surface area contributed by atoms with Gasteiger partial charge in [0.1, 0.15) is 0 Å². The average molecular weight is 200 g/mol. The normalized spacial score (nSPS) is 19.7. The number of hydrogen-bond acceptors (Lipinski definition) is 3. The summed E-state index contributed by atoms with van der Waals surface area (Å²) in [5.41, 5.74) is 5.48. The molecule has 1 rings (SSSR count).